The van der Waals surface area contributed by atoms with Crippen molar-refractivity contribution in [1.29, 1.82) is 0 Å². The Bertz CT molecular complexity index is 78.0. The maximum absolute atomic E-state index is 8.53. The lowest BCUT2D eigenvalue weighted by Crippen LogP contribution is -2.13. The summed E-state index contributed by atoms with van der Waals surface area (Å²) >= 11 is 8.48. The van der Waals surface area contributed by atoms with E-state index < -0.39 is 0 Å². The monoisotopic (exact) mass is 180 g/mol. The van der Waals surface area contributed by atoms with E-state index in [1.807, 2.05) is 0 Å². The van der Waals surface area contributed by atoms with Crippen LogP contribution in [0.3, 0.4) is 0 Å². The molecule has 0 fully saturated rings. The van der Waals surface area contributed by atoms with Crippen molar-refractivity contribution in [2.75, 3.05) is 12.4 Å². The SMILES string of the molecule is CC(CCCO)C(S)CS. The summed E-state index contributed by atoms with van der Waals surface area (Å²) in [6.45, 7) is 2.43. The van der Waals surface area contributed by atoms with Gasteiger partial charge in [0, 0.05) is 17.6 Å². The van der Waals surface area contributed by atoms with Gasteiger partial charge < -0.3 is 5.11 Å². The molecule has 2 unspecified atom stereocenters. The van der Waals surface area contributed by atoms with E-state index in [1.165, 1.54) is 0 Å². The summed E-state index contributed by atoms with van der Waals surface area (Å²) in [4.78, 5) is 0. The van der Waals surface area contributed by atoms with Gasteiger partial charge in [-0.2, -0.15) is 25.3 Å². The van der Waals surface area contributed by atoms with Crippen molar-refractivity contribution in [2.24, 2.45) is 5.92 Å². The third-order valence-corrected chi connectivity index (χ3v) is 3.03. The average molecular weight is 180 g/mol. The molecule has 1 nitrogen and oxygen atoms in total. The van der Waals surface area contributed by atoms with Crippen LogP contribution in [0.4, 0.5) is 0 Å². The van der Waals surface area contributed by atoms with Crippen molar-refractivity contribution in [3.63, 3.8) is 0 Å². The number of aliphatic hydroxyl groups excluding tert-OH is 1. The first-order valence-electron chi connectivity index (χ1n) is 3.62. The number of rotatable bonds is 5. The third-order valence-electron chi connectivity index (χ3n) is 1.66. The molecule has 0 aromatic rings. The smallest absolute Gasteiger partial charge is 0.0431 e. The van der Waals surface area contributed by atoms with Crippen molar-refractivity contribution in [3.05, 3.63) is 0 Å². The Hall–Kier alpha value is 0.660. The lowest BCUT2D eigenvalue weighted by atomic mass is 10.0. The van der Waals surface area contributed by atoms with Crippen LogP contribution in [-0.2, 0) is 0 Å². The molecule has 0 heterocycles. The maximum atomic E-state index is 8.53. The highest BCUT2D eigenvalue weighted by molar-refractivity contribution is 7.84. The van der Waals surface area contributed by atoms with Crippen LogP contribution >= 0.6 is 25.3 Å². The molecule has 0 amide bonds. The number of thiol groups is 2. The molecule has 0 saturated carbocycles. The molecule has 0 aliphatic carbocycles. The highest BCUT2D eigenvalue weighted by Gasteiger charge is 2.09. The second kappa shape index (κ2) is 6.38. The molecule has 0 aromatic heterocycles. The largest absolute Gasteiger partial charge is 0.396 e. The van der Waals surface area contributed by atoms with E-state index in [1.54, 1.807) is 0 Å². The minimum absolute atomic E-state index is 0.289. The van der Waals surface area contributed by atoms with Crippen LogP contribution in [0.5, 0.6) is 0 Å². The Kier molecular flexibility index (Phi) is 6.80. The Labute approximate surface area is 74.0 Å². The van der Waals surface area contributed by atoms with Crippen LogP contribution in [0.1, 0.15) is 19.8 Å². The summed E-state index contributed by atoms with van der Waals surface area (Å²) in [7, 11) is 0. The Morgan fingerprint density at radius 1 is 1.50 bits per heavy atom. The maximum Gasteiger partial charge on any atom is 0.0431 e. The molecule has 1 N–H and O–H groups in total. The molecule has 10 heavy (non-hydrogen) atoms. The van der Waals surface area contributed by atoms with Crippen LogP contribution < -0.4 is 0 Å². The molecule has 0 aliphatic heterocycles. The molecule has 0 bridgehead atoms. The molecular formula is C7H16OS2. The van der Waals surface area contributed by atoms with Gasteiger partial charge in [-0.05, 0) is 18.8 Å². The molecule has 62 valence electrons. The molecule has 2 atom stereocenters. The fraction of sp³-hybridized carbons (Fsp3) is 1.00. The summed E-state index contributed by atoms with van der Waals surface area (Å²) in [5.41, 5.74) is 0. The van der Waals surface area contributed by atoms with Gasteiger partial charge >= 0.3 is 0 Å². The highest BCUT2D eigenvalue weighted by atomic mass is 32.1. The van der Waals surface area contributed by atoms with E-state index in [4.69, 9.17) is 5.11 Å². The number of aliphatic hydroxyl groups is 1. The molecular weight excluding hydrogens is 164 g/mol. The van der Waals surface area contributed by atoms with Crippen molar-refractivity contribution < 1.29 is 5.11 Å². The van der Waals surface area contributed by atoms with Crippen molar-refractivity contribution in [1.82, 2.24) is 0 Å². The summed E-state index contributed by atoms with van der Waals surface area (Å²) in [5.74, 6) is 1.38. The van der Waals surface area contributed by atoms with Crippen LogP contribution in [0.15, 0.2) is 0 Å². The van der Waals surface area contributed by atoms with E-state index >= 15 is 0 Å². The third kappa shape index (κ3) is 4.47. The molecule has 0 saturated heterocycles. The lowest BCUT2D eigenvalue weighted by Gasteiger charge is -2.15. The van der Waals surface area contributed by atoms with Gasteiger partial charge in [-0.15, -0.1) is 0 Å². The van der Waals surface area contributed by atoms with E-state index in [9.17, 15) is 0 Å². The molecule has 0 radical (unpaired) electrons. The molecule has 0 aliphatic rings. The first kappa shape index (κ1) is 10.7. The quantitative estimate of drug-likeness (QED) is 0.549. The zero-order valence-corrected chi connectivity index (χ0v) is 8.11. The van der Waals surface area contributed by atoms with Gasteiger partial charge in [0.25, 0.3) is 0 Å². The minimum Gasteiger partial charge on any atom is -0.396 e. The zero-order valence-electron chi connectivity index (χ0n) is 6.32. The van der Waals surface area contributed by atoms with Gasteiger partial charge in [0.15, 0.2) is 0 Å². The van der Waals surface area contributed by atoms with E-state index in [0.717, 1.165) is 18.6 Å². The number of hydrogen-bond donors (Lipinski definition) is 3. The topological polar surface area (TPSA) is 20.2 Å². The van der Waals surface area contributed by atoms with Gasteiger partial charge in [-0.3, -0.25) is 0 Å². The second-order valence-corrected chi connectivity index (χ2v) is 3.62. The first-order chi connectivity index (χ1) is 4.72. The predicted molar refractivity (Wildman–Crippen MR) is 52.1 cm³/mol. The van der Waals surface area contributed by atoms with Crippen molar-refractivity contribution >= 4 is 25.3 Å². The molecule has 0 aromatic carbocycles. The minimum atomic E-state index is 0.289. The first-order valence-corrected chi connectivity index (χ1v) is 4.77. The zero-order chi connectivity index (χ0) is 7.98. The second-order valence-electron chi connectivity index (χ2n) is 2.59. The normalized spacial score (nSPS) is 16.8. The van der Waals surface area contributed by atoms with Crippen LogP contribution in [-0.4, -0.2) is 22.7 Å². The summed E-state index contributed by atoms with van der Waals surface area (Å²) in [6, 6.07) is 0. The van der Waals surface area contributed by atoms with Gasteiger partial charge in [-0.25, -0.2) is 0 Å². The van der Waals surface area contributed by atoms with Crippen LogP contribution in [0.25, 0.3) is 0 Å². The van der Waals surface area contributed by atoms with Gasteiger partial charge in [0.2, 0.25) is 0 Å². The summed E-state index contributed by atoms with van der Waals surface area (Å²) in [6.07, 6.45) is 1.93. The Balaban J connectivity index is 3.31. The van der Waals surface area contributed by atoms with Gasteiger partial charge in [-0.1, -0.05) is 6.92 Å². The van der Waals surface area contributed by atoms with Crippen molar-refractivity contribution in [2.45, 2.75) is 25.0 Å². The molecule has 3 heteroatoms. The van der Waals surface area contributed by atoms with E-state index in [0.29, 0.717) is 11.2 Å². The molecule has 0 spiro atoms. The fourth-order valence-electron chi connectivity index (χ4n) is 0.786. The van der Waals surface area contributed by atoms with Crippen molar-refractivity contribution in [3.8, 4) is 0 Å². The van der Waals surface area contributed by atoms with E-state index in [-0.39, 0.29) is 6.61 Å². The number of hydrogen-bond acceptors (Lipinski definition) is 3. The lowest BCUT2D eigenvalue weighted by molar-refractivity contribution is 0.274. The highest BCUT2D eigenvalue weighted by Crippen LogP contribution is 2.16. The Morgan fingerprint density at radius 3 is 2.50 bits per heavy atom. The predicted octanol–water partition coefficient (Wildman–Crippen LogP) is 1.62. The molecule has 0 rings (SSSR count). The van der Waals surface area contributed by atoms with Gasteiger partial charge in [0.05, 0.1) is 0 Å². The van der Waals surface area contributed by atoms with E-state index in [2.05, 4.69) is 32.2 Å². The summed E-state index contributed by atoms with van der Waals surface area (Å²) < 4.78 is 0. The fourth-order valence-corrected chi connectivity index (χ4v) is 1.29. The average Bonchev–Trinajstić information content (AvgIpc) is 1.98. The Morgan fingerprint density at radius 2 is 2.10 bits per heavy atom. The van der Waals surface area contributed by atoms with Crippen LogP contribution in [0.2, 0.25) is 0 Å². The van der Waals surface area contributed by atoms with Crippen LogP contribution in [0, 0.1) is 5.92 Å². The van der Waals surface area contributed by atoms with Gasteiger partial charge in [0.1, 0.15) is 0 Å². The summed E-state index contributed by atoms with van der Waals surface area (Å²) in [5, 5.41) is 8.90. The standard InChI is InChI=1S/C7H16OS2/c1-6(3-2-4-8)7(10)5-9/h6-10H,2-5H2,1H3.